The average molecular weight is 430 g/mol. The largest absolute Gasteiger partial charge is 0.457 e. The third-order valence-electron chi connectivity index (χ3n) is 5.43. The Kier molecular flexibility index (Phi) is 4.96. The van der Waals surface area contributed by atoms with E-state index in [1.807, 2.05) is 90.4 Å². The molecule has 0 spiro atoms. The predicted octanol–water partition coefficient (Wildman–Crippen LogP) is 5.72. The number of fused-ring (bicyclic) bond motifs is 3. The van der Waals surface area contributed by atoms with Crippen molar-refractivity contribution in [2.75, 3.05) is 5.32 Å². The van der Waals surface area contributed by atoms with Crippen LogP contribution in [0.25, 0.3) is 11.0 Å². The highest BCUT2D eigenvalue weighted by molar-refractivity contribution is 6.30. The van der Waals surface area contributed by atoms with Gasteiger partial charge in [0.15, 0.2) is 0 Å². The number of allylic oxidation sites excluding steroid dienone is 1. The highest BCUT2D eigenvalue weighted by Gasteiger charge is 2.35. The Hall–Kier alpha value is -3.57. The van der Waals surface area contributed by atoms with Gasteiger partial charge in [0.05, 0.1) is 22.6 Å². The van der Waals surface area contributed by atoms with Crippen molar-refractivity contribution in [1.82, 2.24) is 9.55 Å². The number of hydrogen-bond donors (Lipinski definition) is 1. The quantitative estimate of drug-likeness (QED) is 0.421. The molecule has 1 atom stereocenters. The van der Waals surface area contributed by atoms with E-state index < -0.39 is 6.04 Å². The highest BCUT2D eigenvalue weighted by Crippen LogP contribution is 2.40. The van der Waals surface area contributed by atoms with E-state index >= 15 is 0 Å². The van der Waals surface area contributed by atoms with Crippen molar-refractivity contribution in [2.45, 2.75) is 19.6 Å². The van der Waals surface area contributed by atoms with E-state index in [9.17, 15) is 4.79 Å². The zero-order chi connectivity index (χ0) is 21.4. The highest BCUT2D eigenvalue weighted by atomic mass is 35.5. The van der Waals surface area contributed by atoms with E-state index in [1.54, 1.807) is 0 Å². The van der Waals surface area contributed by atoms with Gasteiger partial charge in [-0.3, -0.25) is 4.57 Å². The molecule has 154 valence electrons. The van der Waals surface area contributed by atoms with Gasteiger partial charge in [-0.1, -0.05) is 66.2 Å². The number of hydrogen-bond acceptors (Lipinski definition) is 4. The lowest BCUT2D eigenvalue weighted by Crippen LogP contribution is -2.29. The summed E-state index contributed by atoms with van der Waals surface area (Å²) < 4.78 is 7.75. The fourth-order valence-electron chi connectivity index (χ4n) is 4.02. The van der Waals surface area contributed by atoms with E-state index in [0.717, 1.165) is 22.2 Å². The van der Waals surface area contributed by atoms with Gasteiger partial charge in [0, 0.05) is 10.7 Å². The SMILES string of the molecule is CC1=C(C(=O)OCc2ccccc2)[C@@H](c2cccc(Cl)c2)n2c(nc3ccccc32)N1. The molecule has 31 heavy (non-hydrogen) atoms. The number of para-hydroxylation sites is 2. The second-order valence-corrected chi connectivity index (χ2v) is 7.91. The first-order valence-electron chi connectivity index (χ1n) is 10.0. The first-order valence-corrected chi connectivity index (χ1v) is 10.4. The van der Waals surface area contributed by atoms with E-state index in [0.29, 0.717) is 22.2 Å². The van der Waals surface area contributed by atoms with E-state index in [1.165, 1.54) is 0 Å². The molecular formula is C25H20ClN3O2. The average Bonchev–Trinajstić information content (AvgIpc) is 3.15. The summed E-state index contributed by atoms with van der Waals surface area (Å²) in [6.07, 6.45) is 0. The number of aromatic nitrogens is 2. The van der Waals surface area contributed by atoms with Gasteiger partial charge in [0.25, 0.3) is 0 Å². The maximum absolute atomic E-state index is 13.3. The zero-order valence-corrected chi connectivity index (χ0v) is 17.6. The van der Waals surface area contributed by atoms with Crippen LogP contribution >= 0.6 is 11.6 Å². The second kappa shape index (κ2) is 7.93. The molecule has 0 unspecified atom stereocenters. The molecule has 0 saturated heterocycles. The first-order chi connectivity index (χ1) is 15.1. The summed E-state index contributed by atoms with van der Waals surface area (Å²) in [6, 6.07) is 24.7. The first kappa shape index (κ1) is 19.4. The Bertz CT molecular complexity index is 1310. The van der Waals surface area contributed by atoms with Crippen molar-refractivity contribution >= 4 is 34.6 Å². The molecule has 3 aromatic carbocycles. The minimum Gasteiger partial charge on any atom is -0.457 e. The molecule has 0 amide bonds. The summed E-state index contributed by atoms with van der Waals surface area (Å²) >= 11 is 6.32. The molecule has 2 heterocycles. The van der Waals surface area contributed by atoms with E-state index in [4.69, 9.17) is 21.3 Å². The van der Waals surface area contributed by atoms with Crippen molar-refractivity contribution < 1.29 is 9.53 Å². The maximum Gasteiger partial charge on any atom is 0.338 e. The summed E-state index contributed by atoms with van der Waals surface area (Å²) in [5, 5.41) is 3.90. The van der Waals surface area contributed by atoms with E-state index in [2.05, 4.69) is 5.32 Å². The van der Waals surface area contributed by atoms with Gasteiger partial charge < -0.3 is 10.1 Å². The third-order valence-corrected chi connectivity index (χ3v) is 5.66. The lowest BCUT2D eigenvalue weighted by Gasteiger charge is -2.30. The Balaban J connectivity index is 1.61. The standard InChI is InChI=1S/C25H20ClN3O2/c1-16-22(24(30)31-15-17-8-3-2-4-9-17)23(18-10-7-11-19(26)14-18)29-21-13-6-5-12-20(21)28-25(29)27-16/h2-14,23H,15H2,1H3,(H,27,28)/t23-/m1/s1. The van der Waals surface area contributed by atoms with Crippen molar-refractivity contribution in [3.8, 4) is 0 Å². The third kappa shape index (κ3) is 3.57. The molecule has 6 heteroatoms. The van der Waals surface area contributed by atoms with Crippen molar-refractivity contribution in [3.05, 3.63) is 106 Å². The Morgan fingerprint density at radius 2 is 1.84 bits per heavy atom. The van der Waals surface area contributed by atoms with Gasteiger partial charge in [-0.15, -0.1) is 0 Å². The van der Waals surface area contributed by atoms with Gasteiger partial charge in [-0.25, -0.2) is 9.78 Å². The maximum atomic E-state index is 13.3. The molecule has 0 fully saturated rings. The van der Waals surface area contributed by atoms with Gasteiger partial charge in [0.2, 0.25) is 5.95 Å². The summed E-state index contributed by atoms with van der Waals surface area (Å²) in [5.41, 5.74) is 4.86. The molecule has 5 nitrogen and oxygen atoms in total. The van der Waals surface area contributed by atoms with Crippen molar-refractivity contribution in [3.63, 3.8) is 0 Å². The van der Waals surface area contributed by atoms with Crippen molar-refractivity contribution in [1.29, 1.82) is 0 Å². The van der Waals surface area contributed by atoms with Crippen LogP contribution in [0.5, 0.6) is 0 Å². The summed E-state index contributed by atoms with van der Waals surface area (Å²) in [6.45, 7) is 2.08. The number of carbonyl (C=O) groups excluding carboxylic acids is 1. The van der Waals surface area contributed by atoms with Crippen molar-refractivity contribution in [2.24, 2.45) is 0 Å². The lowest BCUT2D eigenvalue weighted by molar-refractivity contribution is -0.140. The molecule has 1 aliphatic heterocycles. The van der Waals surface area contributed by atoms with Crippen LogP contribution in [0.15, 0.2) is 90.1 Å². The van der Waals surface area contributed by atoms with Crippen LogP contribution in [0.4, 0.5) is 5.95 Å². The van der Waals surface area contributed by atoms with Crippen LogP contribution < -0.4 is 5.32 Å². The fourth-order valence-corrected chi connectivity index (χ4v) is 4.22. The Labute approximate surface area is 184 Å². The molecule has 1 aromatic heterocycles. The molecule has 0 saturated carbocycles. The zero-order valence-electron chi connectivity index (χ0n) is 16.9. The molecule has 4 aromatic rings. The lowest BCUT2D eigenvalue weighted by atomic mass is 9.95. The molecule has 5 rings (SSSR count). The van der Waals surface area contributed by atoms with Gasteiger partial charge in [-0.2, -0.15) is 0 Å². The Morgan fingerprint density at radius 3 is 2.65 bits per heavy atom. The number of esters is 1. The van der Waals surface area contributed by atoms with E-state index in [-0.39, 0.29) is 12.6 Å². The molecule has 1 N–H and O–H groups in total. The topological polar surface area (TPSA) is 56.2 Å². The number of rotatable bonds is 4. The Morgan fingerprint density at radius 1 is 1.06 bits per heavy atom. The van der Waals surface area contributed by atoms with Crippen LogP contribution in [0.2, 0.25) is 5.02 Å². The predicted molar refractivity (Wildman–Crippen MR) is 122 cm³/mol. The molecule has 1 aliphatic rings. The minimum atomic E-state index is -0.411. The van der Waals surface area contributed by atoms with Crippen LogP contribution in [0.1, 0.15) is 24.1 Å². The molecular weight excluding hydrogens is 410 g/mol. The van der Waals surface area contributed by atoms with Gasteiger partial charge in [-0.05, 0) is 42.3 Å². The minimum absolute atomic E-state index is 0.205. The number of carbonyl (C=O) groups is 1. The van der Waals surface area contributed by atoms with Crippen LogP contribution in [-0.4, -0.2) is 15.5 Å². The molecule has 0 radical (unpaired) electrons. The van der Waals surface area contributed by atoms with Gasteiger partial charge >= 0.3 is 5.97 Å². The number of halogens is 1. The molecule has 0 aliphatic carbocycles. The monoisotopic (exact) mass is 429 g/mol. The number of imidazole rings is 1. The summed E-state index contributed by atoms with van der Waals surface area (Å²) in [4.78, 5) is 18.1. The number of nitrogens with one attached hydrogen (secondary N) is 1. The smallest absolute Gasteiger partial charge is 0.338 e. The normalized spacial score (nSPS) is 15.5. The summed E-state index contributed by atoms with van der Waals surface area (Å²) in [5.74, 6) is 0.311. The van der Waals surface area contributed by atoms with Crippen LogP contribution in [-0.2, 0) is 16.1 Å². The number of ether oxygens (including phenoxy) is 1. The van der Waals surface area contributed by atoms with Crippen LogP contribution in [0.3, 0.4) is 0 Å². The van der Waals surface area contributed by atoms with Crippen LogP contribution in [0, 0.1) is 0 Å². The summed E-state index contributed by atoms with van der Waals surface area (Å²) in [7, 11) is 0. The fraction of sp³-hybridized carbons (Fsp3) is 0.120. The number of anilines is 1. The molecule has 0 bridgehead atoms. The second-order valence-electron chi connectivity index (χ2n) is 7.48. The number of benzene rings is 3. The number of nitrogens with zero attached hydrogens (tertiary/aromatic N) is 2. The van der Waals surface area contributed by atoms with Gasteiger partial charge in [0.1, 0.15) is 6.61 Å².